The monoisotopic (exact) mass is 206 g/mol. The van der Waals surface area contributed by atoms with Gasteiger partial charge in [0, 0.05) is 11.5 Å². The molecule has 1 aliphatic carbocycles. The van der Waals surface area contributed by atoms with E-state index in [0.717, 1.165) is 18.5 Å². The third-order valence-corrected chi connectivity index (χ3v) is 2.74. The van der Waals surface area contributed by atoms with E-state index in [9.17, 15) is 4.79 Å². The van der Waals surface area contributed by atoms with Crippen LogP contribution in [0.25, 0.3) is 0 Å². The van der Waals surface area contributed by atoms with Gasteiger partial charge in [-0.05, 0) is 12.8 Å². The summed E-state index contributed by atoms with van der Waals surface area (Å²) in [5.74, 6) is 0.0618. The summed E-state index contributed by atoms with van der Waals surface area (Å²) in [4.78, 5) is 19.5. The fourth-order valence-electron chi connectivity index (χ4n) is 1.77. The highest BCUT2D eigenvalue weighted by molar-refractivity contribution is 5.87. The van der Waals surface area contributed by atoms with E-state index in [1.807, 2.05) is 0 Å². The average molecular weight is 206 g/mol. The van der Waals surface area contributed by atoms with Gasteiger partial charge >= 0.3 is 5.97 Å². The van der Waals surface area contributed by atoms with Crippen LogP contribution in [0.15, 0.2) is 0 Å². The fourth-order valence-corrected chi connectivity index (χ4v) is 1.77. The van der Waals surface area contributed by atoms with Crippen LogP contribution >= 0.6 is 0 Å². The van der Waals surface area contributed by atoms with Crippen LogP contribution < -0.4 is 0 Å². The molecule has 0 radical (unpaired) electrons. The Morgan fingerprint density at radius 1 is 1.33 bits per heavy atom. The van der Waals surface area contributed by atoms with Crippen molar-refractivity contribution in [2.45, 2.75) is 32.0 Å². The molecule has 1 aromatic heterocycles. The van der Waals surface area contributed by atoms with Crippen LogP contribution in [-0.2, 0) is 18.0 Å². The molecule has 1 N–H and O–H groups in total. The number of carbonyl (C=O) groups is 1. The molecule has 1 aliphatic heterocycles. The molecule has 0 bridgehead atoms. The molecule has 2 aliphatic rings. The van der Waals surface area contributed by atoms with Crippen LogP contribution in [0.2, 0.25) is 0 Å². The van der Waals surface area contributed by atoms with Crippen molar-refractivity contribution in [3.8, 4) is 0 Å². The minimum absolute atomic E-state index is 0.124. The Morgan fingerprint density at radius 3 is 2.80 bits per heavy atom. The molecule has 1 fully saturated rings. The van der Waals surface area contributed by atoms with E-state index in [-0.39, 0.29) is 5.69 Å². The summed E-state index contributed by atoms with van der Waals surface area (Å²) in [5.41, 5.74) is 1.52. The highest BCUT2D eigenvalue weighted by atomic mass is 16.5. The second kappa shape index (κ2) is 3.00. The second-order valence-corrected chi connectivity index (χ2v) is 3.93. The van der Waals surface area contributed by atoms with Gasteiger partial charge in [0.15, 0.2) is 5.69 Å². The Balaban J connectivity index is 2.14. The predicted octanol–water partition coefficient (Wildman–Crippen LogP) is 1.08. The van der Waals surface area contributed by atoms with Crippen molar-refractivity contribution in [1.29, 1.82) is 0 Å². The number of aromatic carboxylic acids is 1. The quantitative estimate of drug-likeness (QED) is 0.783. The highest BCUT2D eigenvalue weighted by Crippen LogP contribution is 2.39. The van der Waals surface area contributed by atoms with Gasteiger partial charge in [-0.3, -0.25) is 0 Å². The largest absolute Gasteiger partial charge is 0.476 e. The first-order chi connectivity index (χ1) is 7.25. The van der Waals surface area contributed by atoms with Crippen LogP contribution in [0.5, 0.6) is 0 Å². The number of carboxylic acids is 1. The Kier molecular flexibility index (Phi) is 1.76. The molecule has 0 atom stereocenters. The summed E-state index contributed by atoms with van der Waals surface area (Å²) in [6.45, 7) is 0.736. The van der Waals surface area contributed by atoms with E-state index < -0.39 is 5.97 Å². The van der Waals surface area contributed by atoms with Gasteiger partial charge in [0.2, 0.25) is 0 Å². The van der Waals surface area contributed by atoms with Gasteiger partial charge in [-0.1, -0.05) is 0 Å². The van der Waals surface area contributed by atoms with E-state index in [2.05, 4.69) is 9.97 Å². The molecular weight excluding hydrogens is 196 g/mol. The number of aromatic nitrogens is 2. The number of ether oxygens (including phenoxy) is 1. The minimum Gasteiger partial charge on any atom is -0.476 e. The summed E-state index contributed by atoms with van der Waals surface area (Å²) < 4.78 is 5.20. The molecule has 0 spiro atoms. The highest BCUT2D eigenvalue weighted by Gasteiger charge is 2.31. The van der Waals surface area contributed by atoms with E-state index in [1.54, 1.807) is 0 Å². The summed E-state index contributed by atoms with van der Waals surface area (Å²) in [6.07, 6.45) is 2.14. The van der Waals surface area contributed by atoms with Crippen molar-refractivity contribution in [1.82, 2.24) is 9.97 Å². The summed E-state index contributed by atoms with van der Waals surface area (Å²) >= 11 is 0. The SMILES string of the molecule is O=C(O)c1nc(C2CC2)nc2c1COC2. The van der Waals surface area contributed by atoms with Crippen LogP contribution in [0.1, 0.15) is 46.3 Å². The summed E-state index contributed by atoms with van der Waals surface area (Å²) in [6, 6.07) is 0. The first kappa shape index (κ1) is 8.79. The van der Waals surface area contributed by atoms with Crippen molar-refractivity contribution in [3.05, 3.63) is 22.8 Å². The first-order valence-corrected chi connectivity index (χ1v) is 4.96. The zero-order valence-corrected chi connectivity index (χ0v) is 8.06. The molecule has 78 valence electrons. The number of hydrogen-bond donors (Lipinski definition) is 1. The minimum atomic E-state index is -0.985. The lowest BCUT2D eigenvalue weighted by Gasteiger charge is -2.04. The molecule has 1 saturated carbocycles. The molecule has 5 nitrogen and oxygen atoms in total. The second-order valence-electron chi connectivity index (χ2n) is 3.93. The molecule has 0 amide bonds. The van der Waals surface area contributed by atoms with Crippen molar-refractivity contribution < 1.29 is 14.6 Å². The van der Waals surface area contributed by atoms with E-state index in [0.29, 0.717) is 30.5 Å². The molecular formula is C10H10N2O3. The van der Waals surface area contributed by atoms with Gasteiger partial charge in [-0.2, -0.15) is 0 Å². The number of fused-ring (bicyclic) bond motifs is 1. The van der Waals surface area contributed by atoms with Gasteiger partial charge in [0.05, 0.1) is 18.9 Å². The lowest BCUT2D eigenvalue weighted by molar-refractivity contribution is 0.0685. The zero-order chi connectivity index (χ0) is 10.4. The van der Waals surface area contributed by atoms with Crippen LogP contribution in [0.3, 0.4) is 0 Å². The predicted molar refractivity (Wildman–Crippen MR) is 49.5 cm³/mol. The van der Waals surface area contributed by atoms with Crippen LogP contribution in [0.4, 0.5) is 0 Å². The Hall–Kier alpha value is -1.49. The number of hydrogen-bond acceptors (Lipinski definition) is 4. The average Bonchev–Trinajstić information content (AvgIpc) is 2.95. The van der Waals surface area contributed by atoms with Gasteiger partial charge in [-0.25, -0.2) is 14.8 Å². The van der Waals surface area contributed by atoms with Gasteiger partial charge < -0.3 is 9.84 Å². The standard InChI is InChI=1S/C10H10N2O3/c13-10(14)8-6-3-15-4-7(6)11-9(12-8)5-1-2-5/h5H,1-4H2,(H,13,14). The van der Waals surface area contributed by atoms with Crippen molar-refractivity contribution in [3.63, 3.8) is 0 Å². The van der Waals surface area contributed by atoms with Crippen molar-refractivity contribution in [2.24, 2.45) is 0 Å². The molecule has 0 unspecified atom stereocenters. The first-order valence-electron chi connectivity index (χ1n) is 4.96. The fraction of sp³-hybridized carbons (Fsp3) is 0.500. The normalized spacial score (nSPS) is 18.9. The Labute approximate surface area is 86.1 Å². The van der Waals surface area contributed by atoms with Gasteiger partial charge in [0.25, 0.3) is 0 Å². The summed E-state index contributed by atoms with van der Waals surface area (Å²) in [7, 11) is 0. The number of rotatable bonds is 2. The molecule has 0 aromatic carbocycles. The molecule has 5 heteroatoms. The van der Waals surface area contributed by atoms with Crippen molar-refractivity contribution >= 4 is 5.97 Å². The molecule has 1 aromatic rings. The number of carboxylic acid groups (broad SMARTS) is 1. The molecule has 2 heterocycles. The topological polar surface area (TPSA) is 72.3 Å². The molecule has 15 heavy (non-hydrogen) atoms. The lowest BCUT2D eigenvalue weighted by atomic mass is 10.2. The van der Waals surface area contributed by atoms with Gasteiger partial charge in [-0.15, -0.1) is 0 Å². The zero-order valence-electron chi connectivity index (χ0n) is 8.06. The van der Waals surface area contributed by atoms with E-state index in [4.69, 9.17) is 9.84 Å². The van der Waals surface area contributed by atoms with Crippen LogP contribution in [0, 0.1) is 0 Å². The van der Waals surface area contributed by atoms with Gasteiger partial charge in [0.1, 0.15) is 5.82 Å². The maximum atomic E-state index is 11.0. The third-order valence-electron chi connectivity index (χ3n) is 2.74. The molecule has 3 rings (SSSR count). The Bertz CT molecular complexity index is 441. The van der Waals surface area contributed by atoms with Crippen molar-refractivity contribution in [2.75, 3.05) is 0 Å². The lowest BCUT2D eigenvalue weighted by Crippen LogP contribution is -2.10. The van der Waals surface area contributed by atoms with Crippen LogP contribution in [-0.4, -0.2) is 21.0 Å². The van der Waals surface area contributed by atoms with E-state index >= 15 is 0 Å². The number of nitrogens with zero attached hydrogens (tertiary/aromatic N) is 2. The van der Waals surface area contributed by atoms with E-state index in [1.165, 1.54) is 0 Å². The third kappa shape index (κ3) is 1.39. The maximum Gasteiger partial charge on any atom is 0.355 e. The smallest absolute Gasteiger partial charge is 0.355 e. The maximum absolute atomic E-state index is 11.0. The molecule has 0 saturated heterocycles. The summed E-state index contributed by atoms with van der Waals surface area (Å²) in [5, 5.41) is 9.03. The Morgan fingerprint density at radius 2 is 2.13 bits per heavy atom.